The van der Waals surface area contributed by atoms with Gasteiger partial charge in [-0.3, -0.25) is 9.98 Å². The van der Waals surface area contributed by atoms with Crippen LogP contribution in [0, 0.1) is 34.0 Å². The number of aliphatic imine (C=N–C) groups is 1. The molecule has 1 unspecified atom stereocenters. The standard InChI is InChI=1S/C27H25F4N9O/c1-16(37-20-4-8-39(15-33)9-5-20)23(38-34)17-10-22(24-18(11-32)12-36-40(24)14-17)41-25(21-3-2-19(28)13-35-21)26(6-7-26)27(29,30)31/h2-3,10,12-14,20,25H,4-9H2,1H3,(H2,34,37)/p+1. The summed E-state index contributed by atoms with van der Waals surface area (Å²) in [5.41, 5.74) is -0.835. The van der Waals surface area contributed by atoms with E-state index in [2.05, 4.69) is 21.4 Å². The molecule has 41 heavy (non-hydrogen) atoms. The second kappa shape index (κ2) is 10.7. The molecule has 5 rings (SSSR count). The van der Waals surface area contributed by atoms with Crippen molar-refractivity contribution in [2.45, 2.75) is 50.9 Å². The summed E-state index contributed by atoms with van der Waals surface area (Å²) in [4.78, 5) is 10.3. The van der Waals surface area contributed by atoms with Gasteiger partial charge in [-0.15, -0.1) is 0 Å². The topological polar surface area (TPSA) is 144 Å². The third kappa shape index (κ3) is 5.25. The highest BCUT2D eigenvalue weighted by molar-refractivity contribution is 6.47. The van der Waals surface area contributed by atoms with Crippen molar-refractivity contribution in [1.29, 1.82) is 10.5 Å². The number of nitrogens with zero attached hydrogens (tertiary/aromatic N) is 7. The van der Waals surface area contributed by atoms with Crippen molar-refractivity contribution >= 4 is 16.9 Å². The van der Waals surface area contributed by atoms with E-state index in [0.29, 0.717) is 37.2 Å². The second-order valence-corrected chi connectivity index (χ2v) is 10.2. The molecular formula is C27H26F4N9O+. The van der Waals surface area contributed by atoms with E-state index >= 15 is 0 Å². The van der Waals surface area contributed by atoms with Gasteiger partial charge in [0.2, 0.25) is 6.20 Å². The number of aromatic amines is 1. The molecule has 0 aromatic carbocycles. The normalized spacial score (nSPS) is 18.6. The van der Waals surface area contributed by atoms with Crippen molar-refractivity contribution in [3.63, 3.8) is 0 Å². The van der Waals surface area contributed by atoms with Gasteiger partial charge in [0, 0.05) is 19.2 Å². The van der Waals surface area contributed by atoms with E-state index in [9.17, 15) is 22.8 Å². The lowest BCUT2D eigenvalue weighted by Crippen LogP contribution is -2.35. The van der Waals surface area contributed by atoms with Crippen LogP contribution in [0.4, 0.5) is 17.6 Å². The minimum Gasteiger partial charge on any atom is -0.476 e. The Morgan fingerprint density at radius 1 is 1.29 bits per heavy atom. The van der Waals surface area contributed by atoms with Crippen molar-refractivity contribution in [3.05, 3.63) is 59.4 Å². The maximum atomic E-state index is 14.3. The van der Waals surface area contributed by atoms with E-state index in [1.807, 2.05) is 6.07 Å². The van der Waals surface area contributed by atoms with Crippen molar-refractivity contribution < 1.29 is 26.8 Å². The predicted molar refractivity (Wildman–Crippen MR) is 138 cm³/mol. The highest BCUT2D eigenvalue weighted by Crippen LogP contribution is 2.65. The Morgan fingerprint density at radius 2 is 2.02 bits per heavy atom. The van der Waals surface area contributed by atoms with Gasteiger partial charge in [0.1, 0.15) is 23.0 Å². The summed E-state index contributed by atoms with van der Waals surface area (Å²) in [6, 6.07) is 5.63. The van der Waals surface area contributed by atoms with Gasteiger partial charge < -0.3 is 15.5 Å². The number of rotatable bonds is 7. The van der Waals surface area contributed by atoms with E-state index < -0.39 is 23.5 Å². The number of pyridine rings is 2. The first kappa shape index (κ1) is 27.8. The van der Waals surface area contributed by atoms with Crippen LogP contribution in [-0.4, -0.2) is 51.7 Å². The number of likely N-dealkylation sites (tertiary alicyclic amines) is 1. The fourth-order valence-electron chi connectivity index (χ4n) is 5.20. The Bertz CT molecular complexity index is 1590. The Labute approximate surface area is 232 Å². The van der Waals surface area contributed by atoms with E-state index in [4.69, 9.17) is 20.8 Å². The molecule has 1 atom stereocenters. The number of hydrogen-bond donors (Lipinski definition) is 2. The van der Waals surface area contributed by atoms with Gasteiger partial charge in [-0.2, -0.15) is 33.9 Å². The van der Waals surface area contributed by atoms with Gasteiger partial charge in [-0.1, -0.05) is 4.52 Å². The smallest absolute Gasteiger partial charge is 0.398 e. The lowest BCUT2D eigenvalue weighted by atomic mass is 9.94. The predicted octanol–water partition coefficient (Wildman–Crippen LogP) is 3.69. The fourth-order valence-corrected chi connectivity index (χ4v) is 5.20. The highest BCUT2D eigenvalue weighted by Gasteiger charge is 2.69. The number of fused-ring (bicyclic) bond motifs is 1. The molecule has 0 bridgehead atoms. The summed E-state index contributed by atoms with van der Waals surface area (Å²) >= 11 is 0. The zero-order valence-corrected chi connectivity index (χ0v) is 22.0. The quantitative estimate of drug-likeness (QED) is 0.111. The first-order valence-electron chi connectivity index (χ1n) is 12.9. The number of nitrogens with one attached hydrogen (secondary N) is 1. The van der Waals surface area contributed by atoms with Gasteiger partial charge in [0.25, 0.3) is 5.52 Å². The van der Waals surface area contributed by atoms with Gasteiger partial charge in [-0.25, -0.2) is 4.39 Å². The van der Waals surface area contributed by atoms with Crippen LogP contribution in [0.1, 0.15) is 55.5 Å². The van der Waals surface area contributed by atoms with Crippen LogP contribution in [0.3, 0.4) is 0 Å². The molecule has 212 valence electrons. The molecule has 3 aromatic rings. The van der Waals surface area contributed by atoms with Crippen LogP contribution in [0.15, 0.2) is 46.9 Å². The summed E-state index contributed by atoms with van der Waals surface area (Å²) in [6.07, 6.45) is 0.671. The van der Waals surface area contributed by atoms with E-state index in [0.717, 1.165) is 12.3 Å². The fraction of sp³-hybridized carbons (Fsp3) is 0.407. The van der Waals surface area contributed by atoms with Crippen molar-refractivity contribution in [2.75, 3.05) is 13.1 Å². The molecule has 3 aromatic heterocycles. The Hall–Kier alpha value is -4.72. The van der Waals surface area contributed by atoms with Crippen LogP contribution in [0.5, 0.6) is 5.75 Å². The van der Waals surface area contributed by atoms with Gasteiger partial charge in [0.05, 0.1) is 35.4 Å². The minimum atomic E-state index is -4.62. The SMILES string of the molecule is CC(=NC1CCN(C#N)CC1)/C(=N\N)c1cc(OC(c2ccc(F)cn2)C2(C(F)(F)F)CC2)c2c(C#N)c[nH][n+]2c1. The average molecular weight is 569 g/mol. The lowest BCUT2D eigenvalue weighted by molar-refractivity contribution is -0.577. The van der Waals surface area contributed by atoms with Crippen LogP contribution < -0.4 is 15.1 Å². The molecule has 1 saturated heterocycles. The van der Waals surface area contributed by atoms with Crippen LogP contribution in [-0.2, 0) is 0 Å². The maximum Gasteiger partial charge on any atom is 0.398 e. The highest BCUT2D eigenvalue weighted by atomic mass is 19.4. The zero-order chi connectivity index (χ0) is 29.4. The number of ether oxygens (including phenoxy) is 1. The van der Waals surface area contributed by atoms with E-state index in [1.165, 1.54) is 22.8 Å². The number of alkyl halides is 3. The first-order chi connectivity index (χ1) is 19.6. The molecule has 2 aliphatic rings. The number of hydrogen-bond acceptors (Lipinski definition) is 8. The number of nitrogens with two attached hydrogens (primary N) is 1. The average Bonchev–Trinajstić information content (AvgIpc) is 3.67. The summed E-state index contributed by atoms with van der Waals surface area (Å²) in [5.74, 6) is 5.04. The molecule has 0 spiro atoms. The molecule has 0 amide bonds. The Balaban J connectivity index is 1.57. The van der Waals surface area contributed by atoms with Crippen LogP contribution in [0.2, 0.25) is 0 Å². The number of hydrazone groups is 1. The minimum absolute atomic E-state index is 0.0387. The molecule has 14 heteroatoms. The Morgan fingerprint density at radius 3 is 2.59 bits per heavy atom. The summed E-state index contributed by atoms with van der Waals surface area (Å²) in [7, 11) is 0. The van der Waals surface area contributed by atoms with Gasteiger partial charge in [0.15, 0.2) is 23.6 Å². The van der Waals surface area contributed by atoms with E-state index in [1.54, 1.807) is 18.0 Å². The summed E-state index contributed by atoms with van der Waals surface area (Å²) in [5, 5.41) is 25.6. The number of H-pyrrole nitrogens is 1. The molecule has 0 radical (unpaired) electrons. The third-order valence-electron chi connectivity index (χ3n) is 7.60. The molecule has 1 aliphatic carbocycles. The van der Waals surface area contributed by atoms with Crippen LogP contribution >= 0.6 is 0 Å². The summed E-state index contributed by atoms with van der Waals surface area (Å²) in [6.45, 7) is 2.87. The van der Waals surface area contributed by atoms with Crippen molar-refractivity contribution in [2.24, 2.45) is 21.4 Å². The molecule has 10 nitrogen and oxygen atoms in total. The maximum absolute atomic E-state index is 14.3. The number of nitriles is 2. The zero-order valence-electron chi connectivity index (χ0n) is 22.0. The molecular weight excluding hydrogens is 542 g/mol. The molecule has 1 aliphatic heterocycles. The number of aromatic nitrogens is 3. The van der Waals surface area contributed by atoms with Crippen LogP contribution in [0.25, 0.3) is 5.52 Å². The third-order valence-corrected chi connectivity index (χ3v) is 7.60. The van der Waals surface area contributed by atoms with Crippen molar-refractivity contribution in [3.8, 4) is 18.0 Å². The van der Waals surface area contributed by atoms with Gasteiger partial charge >= 0.3 is 6.18 Å². The first-order valence-corrected chi connectivity index (χ1v) is 12.9. The number of piperidine rings is 1. The molecule has 1 saturated carbocycles. The molecule has 3 N–H and O–H groups in total. The van der Waals surface area contributed by atoms with E-state index in [-0.39, 0.29) is 47.1 Å². The van der Waals surface area contributed by atoms with Gasteiger partial charge in [-0.05, 0) is 44.7 Å². The largest absolute Gasteiger partial charge is 0.476 e. The second-order valence-electron chi connectivity index (χ2n) is 10.2. The Kier molecular flexibility index (Phi) is 7.26. The monoisotopic (exact) mass is 568 g/mol. The van der Waals surface area contributed by atoms with Crippen molar-refractivity contribution in [1.82, 2.24) is 15.0 Å². The lowest BCUT2D eigenvalue weighted by Gasteiger charge is -2.29. The molecule has 2 fully saturated rings. The summed E-state index contributed by atoms with van der Waals surface area (Å²) < 4.78 is 64.2. The number of halogens is 4. The molecule has 4 heterocycles.